The van der Waals surface area contributed by atoms with Crippen LogP contribution in [0.1, 0.15) is 20.7 Å². The van der Waals surface area contributed by atoms with Gasteiger partial charge in [-0.05, 0) is 24.3 Å². The summed E-state index contributed by atoms with van der Waals surface area (Å²) in [5.41, 5.74) is -1.01. The monoisotopic (exact) mass is 470 g/mol. The first-order valence-corrected chi connectivity index (χ1v) is 10.6. The second-order valence-corrected chi connectivity index (χ2v) is 8.48. The van der Waals surface area contributed by atoms with E-state index in [1.165, 1.54) is 36.4 Å². The Morgan fingerprint density at radius 3 is 2.09 bits per heavy atom. The normalized spacial score (nSPS) is 10.9. The highest BCUT2D eigenvalue weighted by Crippen LogP contribution is 2.26. The lowest BCUT2D eigenvalue weighted by atomic mass is 10.1. The number of nitro benzene ring substituents is 2. The molecule has 0 amide bonds. The molecule has 0 radical (unpaired) electrons. The number of non-ortho nitro benzene ring substituents is 2. The molecule has 0 heterocycles. The molecular formula is C21H14N2O9S. The van der Waals surface area contributed by atoms with E-state index in [9.17, 15) is 38.2 Å². The van der Waals surface area contributed by atoms with Crippen LogP contribution in [-0.4, -0.2) is 36.6 Å². The maximum absolute atomic E-state index is 13.0. The van der Waals surface area contributed by atoms with Crippen LogP contribution >= 0.6 is 0 Å². The summed E-state index contributed by atoms with van der Waals surface area (Å²) >= 11 is 0. The molecule has 0 spiro atoms. The Morgan fingerprint density at radius 1 is 0.818 bits per heavy atom. The smallest absolute Gasteiger partial charge is 0.339 e. The maximum atomic E-state index is 13.0. The van der Waals surface area contributed by atoms with Gasteiger partial charge in [0.25, 0.3) is 11.4 Å². The first-order valence-electron chi connectivity index (χ1n) is 9.14. The zero-order chi connectivity index (χ0) is 24.2. The molecule has 168 valence electrons. The van der Waals surface area contributed by atoms with Crippen molar-refractivity contribution in [1.29, 1.82) is 0 Å². The molecule has 0 aliphatic heterocycles. The van der Waals surface area contributed by atoms with Crippen molar-refractivity contribution >= 4 is 33.0 Å². The van der Waals surface area contributed by atoms with Gasteiger partial charge >= 0.3 is 5.97 Å². The Kier molecular flexibility index (Phi) is 6.59. The number of carbonyl (C=O) groups is 2. The maximum Gasteiger partial charge on any atom is 0.339 e. The van der Waals surface area contributed by atoms with Gasteiger partial charge in [-0.3, -0.25) is 25.0 Å². The molecule has 0 saturated carbocycles. The molecule has 0 N–H and O–H groups in total. The quantitative estimate of drug-likeness (QED) is 0.208. The minimum absolute atomic E-state index is 0.0520. The van der Waals surface area contributed by atoms with Crippen LogP contribution in [0.15, 0.2) is 82.6 Å². The summed E-state index contributed by atoms with van der Waals surface area (Å²) in [6.45, 7) is -0.772. The van der Waals surface area contributed by atoms with Crippen LogP contribution in [0.3, 0.4) is 0 Å². The number of carbonyl (C=O) groups excluding carboxylic acids is 2. The van der Waals surface area contributed by atoms with E-state index in [4.69, 9.17) is 4.74 Å². The molecule has 0 saturated heterocycles. The molecule has 0 aliphatic rings. The van der Waals surface area contributed by atoms with Crippen LogP contribution in [-0.2, 0) is 14.6 Å². The third kappa shape index (κ3) is 5.07. The Balaban J connectivity index is 1.83. The van der Waals surface area contributed by atoms with Gasteiger partial charge in [0.2, 0.25) is 15.6 Å². The highest BCUT2D eigenvalue weighted by atomic mass is 32.2. The number of rotatable bonds is 8. The van der Waals surface area contributed by atoms with E-state index in [1.54, 1.807) is 0 Å². The Labute approximate surface area is 186 Å². The number of nitrogens with zero attached hydrogens (tertiary/aromatic N) is 2. The minimum Gasteiger partial charge on any atom is -0.454 e. The number of hydrogen-bond donors (Lipinski definition) is 0. The second kappa shape index (κ2) is 9.36. The third-order valence-electron chi connectivity index (χ3n) is 4.47. The van der Waals surface area contributed by atoms with Gasteiger partial charge in [0.15, 0.2) is 6.61 Å². The molecule has 3 aromatic rings. The van der Waals surface area contributed by atoms with Crippen LogP contribution in [0, 0.1) is 20.2 Å². The molecule has 0 atom stereocenters. The SMILES string of the molecule is O=C(COC(=O)c1ccccc1S(=O)(=O)c1ccc([N+](=O)[O-])cc1)c1cccc([N+](=O)[O-])c1. The van der Waals surface area contributed by atoms with Crippen LogP contribution in [0.5, 0.6) is 0 Å². The fourth-order valence-corrected chi connectivity index (χ4v) is 4.28. The van der Waals surface area contributed by atoms with Gasteiger partial charge in [0.05, 0.1) is 25.2 Å². The molecule has 0 unspecified atom stereocenters. The van der Waals surface area contributed by atoms with Crippen molar-refractivity contribution in [2.24, 2.45) is 0 Å². The predicted octanol–water partition coefficient (Wildman–Crippen LogP) is 3.38. The zero-order valence-corrected chi connectivity index (χ0v) is 17.4. The molecule has 0 fully saturated rings. The van der Waals surface area contributed by atoms with E-state index in [0.29, 0.717) is 0 Å². The largest absolute Gasteiger partial charge is 0.454 e. The molecule has 3 rings (SSSR count). The number of benzene rings is 3. The summed E-state index contributed by atoms with van der Waals surface area (Å²) in [4.78, 5) is 44.4. The first-order chi connectivity index (χ1) is 15.6. The Hall–Kier alpha value is -4.45. The Morgan fingerprint density at radius 2 is 1.45 bits per heavy atom. The highest BCUT2D eigenvalue weighted by molar-refractivity contribution is 7.91. The van der Waals surface area contributed by atoms with Gasteiger partial charge in [-0.2, -0.15) is 0 Å². The van der Waals surface area contributed by atoms with Crippen molar-refractivity contribution in [1.82, 2.24) is 0 Å². The highest BCUT2D eigenvalue weighted by Gasteiger charge is 2.26. The third-order valence-corrected chi connectivity index (χ3v) is 6.30. The lowest BCUT2D eigenvalue weighted by Gasteiger charge is -2.10. The number of Topliss-reactive ketones (excluding diaryl/α,β-unsaturated/α-hetero) is 1. The average Bonchev–Trinajstić information content (AvgIpc) is 2.82. The van der Waals surface area contributed by atoms with Gasteiger partial charge in [-0.25, -0.2) is 13.2 Å². The van der Waals surface area contributed by atoms with Gasteiger partial charge in [-0.15, -0.1) is 0 Å². The van der Waals surface area contributed by atoms with Gasteiger partial charge in [0, 0.05) is 29.8 Å². The van der Waals surface area contributed by atoms with Crippen molar-refractivity contribution in [2.45, 2.75) is 9.79 Å². The van der Waals surface area contributed by atoms with E-state index in [1.807, 2.05) is 0 Å². The molecule has 0 bridgehead atoms. The van der Waals surface area contributed by atoms with Gasteiger partial charge in [0.1, 0.15) is 0 Å². The summed E-state index contributed by atoms with van der Waals surface area (Å²) in [7, 11) is -4.25. The number of esters is 1. The molecule has 33 heavy (non-hydrogen) atoms. The zero-order valence-electron chi connectivity index (χ0n) is 16.6. The number of ether oxygens (including phenoxy) is 1. The predicted molar refractivity (Wildman–Crippen MR) is 113 cm³/mol. The summed E-state index contributed by atoms with van der Waals surface area (Å²) in [6, 6.07) is 14.1. The van der Waals surface area contributed by atoms with Crippen molar-refractivity contribution < 1.29 is 32.6 Å². The molecular weight excluding hydrogens is 456 g/mol. The van der Waals surface area contributed by atoms with Crippen LogP contribution in [0.25, 0.3) is 0 Å². The van der Waals surface area contributed by atoms with Crippen LogP contribution in [0.4, 0.5) is 11.4 Å². The fraction of sp³-hybridized carbons (Fsp3) is 0.0476. The molecule has 12 heteroatoms. The standard InChI is InChI=1S/C21H14N2O9S/c24-19(14-4-3-5-16(12-14)23(28)29)13-32-21(25)18-6-1-2-7-20(18)33(30,31)17-10-8-15(9-11-17)22(26)27/h1-12H,13H2. The summed E-state index contributed by atoms with van der Waals surface area (Å²) in [6.07, 6.45) is 0. The lowest BCUT2D eigenvalue weighted by molar-refractivity contribution is -0.385. The number of nitro groups is 2. The van der Waals surface area contributed by atoms with Crippen molar-refractivity contribution in [3.63, 3.8) is 0 Å². The summed E-state index contributed by atoms with van der Waals surface area (Å²) < 4.78 is 30.9. The van der Waals surface area contributed by atoms with E-state index in [2.05, 4.69) is 0 Å². The summed E-state index contributed by atoms with van der Waals surface area (Å²) in [5.74, 6) is -1.82. The molecule has 11 nitrogen and oxygen atoms in total. The molecule has 0 aliphatic carbocycles. The molecule has 3 aromatic carbocycles. The summed E-state index contributed by atoms with van der Waals surface area (Å²) in [5, 5.41) is 21.6. The van der Waals surface area contributed by atoms with Crippen LogP contribution < -0.4 is 0 Å². The number of sulfone groups is 1. The molecule has 0 aromatic heterocycles. The van der Waals surface area contributed by atoms with Crippen molar-refractivity contribution in [2.75, 3.05) is 6.61 Å². The van der Waals surface area contributed by atoms with E-state index >= 15 is 0 Å². The van der Waals surface area contributed by atoms with Crippen molar-refractivity contribution in [3.05, 3.63) is 104 Å². The topological polar surface area (TPSA) is 164 Å². The van der Waals surface area contributed by atoms with E-state index in [-0.39, 0.29) is 27.4 Å². The number of ketones is 1. The van der Waals surface area contributed by atoms with Gasteiger partial charge < -0.3 is 4.74 Å². The lowest BCUT2D eigenvalue weighted by Crippen LogP contribution is -2.17. The van der Waals surface area contributed by atoms with Crippen molar-refractivity contribution in [3.8, 4) is 0 Å². The average molecular weight is 470 g/mol. The fourth-order valence-electron chi connectivity index (χ4n) is 2.83. The van der Waals surface area contributed by atoms with Gasteiger partial charge in [-0.1, -0.05) is 24.3 Å². The first kappa shape index (κ1) is 23.2. The van der Waals surface area contributed by atoms with E-state index < -0.39 is 42.9 Å². The van der Waals surface area contributed by atoms with Crippen LogP contribution in [0.2, 0.25) is 0 Å². The number of hydrogen-bond acceptors (Lipinski definition) is 9. The van der Waals surface area contributed by atoms with E-state index in [0.717, 1.165) is 36.4 Å². The minimum atomic E-state index is -4.25. The Bertz CT molecular complexity index is 1370. The second-order valence-electron chi connectivity index (χ2n) is 6.56.